The molecule has 0 bridgehead atoms. The van der Waals surface area contributed by atoms with Crippen LogP contribution in [0.15, 0.2) is 54.6 Å². The lowest BCUT2D eigenvalue weighted by Crippen LogP contribution is -2.50. The van der Waals surface area contributed by atoms with Crippen molar-refractivity contribution in [2.75, 3.05) is 6.54 Å². The van der Waals surface area contributed by atoms with Gasteiger partial charge in [0.1, 0.15) is 11.9 Å². The maximum absolute atomic E-state index is 13.3. The summed E-state index contributed by atoms with van der Waals surface area (Å²) < 4.78 is 13.3. The number of amides is 2. The van der Waals surface area contributed by atoms with Crippen LogP contribution >= 0.6 is 0 Å². The molecule has 2 amide bonds. The highest BCUT2D eigenvalue weighted by Gasteiger charge is 2.28. The summed E-state index contributed by atoms with van der Waals surface area (Å²) >= 11 is 0. The summed E-state index contributed by atoms with van der Waals surface area (Å²) in [5.74, 6) is -0.276. The molecule has 150 valence electrons. The molecular weight excluding hydrogens is 355 g/mol. The minimum atomic E-state index is -0.569. The fourth-order valence-corrected chi connectivity index (χ4v) is 3.00. The maximum atomic E-state index is 13.3. The molecule has 2 rings (SSSR count). The first-order valence-electron chi connectivity index (χ1n) is 9.76. The molecule has 0 aliphatic rings. The van der Waals surface area contributed by atoms with Gasteiger partial charge < -0.3 is 10.2 Å². The zero-order valence-electron chi connectivity index (χ0n) is 16.8. The molecule has 0 aromatic heterocycles. The molecule has 0 saturated heterocycles. The minimum absolute atomic E-state index is 0.123. The molecule has 2 aromatic carbocycles. The number of benzene rings is 2. The lowest BCUT2D eigenvalue weighted by atomic mass is 10.1. The fourth-order valence-electron chi connectivity index (χ4n) is 3.00. The molecule has 5 heteroatoms. The molecule has 4 nitrogen and oxygen atoms in total. The van der Waals surface area contributed by atoms with Gasteiger partial charge in [0.15, 0.2) is 0 Å². The predicted octanol–water partition coefficient (Wildman–Crippen LogP) is 3.95. The number of nitrogens with zero attached hydrogens (tertiary/aromatic N) is 1. The van der Waals surface area contributed by atoms with Crippen molar-refractivity contribution in [3.05, 3.63) is 71.5 Å². The van der Waals surface area contributed by atoms with Gasteiger partial charge in [-0.3, -0.25) is 9.59 Å². The van der Waals surface area contributed by atoms with Crippen molar-refractivity contribution in [2.45, 2.75) is 46.2 Å². The van der Waals surface area contributed by atoms with E-state index in [-0.39, 0.29) is 30.6 Å². The monoisotopic (exact) mass is 384 g/mol. The quantitative estimate of drug-likeness (QED) is 0.712. The van der Waals surface area contributed by atoms with Gasteiger partial charge in [0, 0.05) is 13.1 Å². The average Bonchev–Trinajstić information content (AvgIpc) is 2.68. The van der Waals surface area contributed by atoms with Gasteiger partial charge >= 0.3 is 0 Å². The van der Waals surface area contributed by atoms with Gasteiger partial charge in [-0.2, -0.15) is 0 Å². The van der Waals surface area contributed by atoms with Crippen molar-refractivity contribution in [3.8, 4) is 0 Å². The van der Waals surface area contributed by atoms with Crippen molar-refractivity contribution >= 4 is 11.8 Å². The van der Waals surface area contributed by atoms with Gasteiger partial charge in [0.25, 0.3) is 0 Å². The lowest BCUT2D eigenvalue weighted by Gasteiger charge is -2.31. The van der Waals surface area contributed by atoms with Crippen LogP contribution in [0.2, 0.25) is 0 Å². The van der Waals surface area contributed by atoms with E-state index < -0.39 is 6.04 Å². The Balaban J connectivity index is 2.23. The van der Waals surface area contributed by atoms with E-state index >= 15 is 0 Å². The van der Waals surface area contributed by atoms with E-state index in [0.717, 1.165) is 11.1 Å². The van der Waals surface area contributed by atoms with Crippen LogP contribution in [0.1, 0.15) is 38.3 Å². The van der Waals surface area contributed by atoms with Crippen LogP contribution in [0.5, 0.6) is 0 Å². The van der Waals surface area contributed by atoms with E-state index in [1.807, 2.05) is 51.1 Å². The highest BCUT2D eigenvalue weighted by atomic mass is 19.1. The number of rotatable bonds is 9. The standard InChI is InChI=1S/C23H29FN2O2/c1-4-21(23(28)25-15-17(2)3)26(16-19-10-12-20(24)13-11-19)22(27)14-18-8-6-5-7-9-18/h5-13,17,21H,4,14-16H2,1-3H3,(H,25,28). The van der Waals surface area contributed by atoms with Crippen molar-refractivity contribution in [1.29, 1.82) is 0 Å². The number of hydrogen-bond acceptors (Lipinski definition) is 2. The molecule has 0 radical (unpaired) electrons. The molecule has 0 aliphatic carbocycles. The van der Waals surface area contributed by atoms with Crippen LogP contribution < -0.4 is 5.32 Å². The lowest BCUT2D eigenvalue weighted by molar-refractivity contribution is -0.141. The summed E-state index contributed by atoms with van der Waals surface area (Å²) in [6.45, 7) is 6.77. The SMILES string of the molecule is CCC(C(=O)NCC(C)C)N(Cc1ccc(F)cc1)C(=O)Cc1ccccc1. The number of nitrogens with one attached hydrogen (secondary N) is 1. The Morgan fingerprint density at radius 3 is 2.21 bits per heavy atom. The Labute approximate surface area is 166 Å². The zero-order chi connectivity index (χ0) is 20.5. The summed E-state index contributed by atoms with van der Waals surface area (Å²) in [5, 5.41) is 2.93. The summed E-state index contributed by atoms with van der Waals surface area (Å²) in [4.78, 5) is 27.5. The Kier molecular flexibility index (Phi) is 8.18. The summed E-state index contributed by atoms with van der Waals surface area (Å²) in [6.07, 6.45) is 0.724. The molecule has 0 saturated carbocycles. The van der Waals surface area contributed by atoms with Crippen LogP contribution in [0, 0.1) is 11.7 Å². The van der Waals surface area contributed by atoms with Crippen LogP contribution in [-0.4, -0.2) is 29.3 Å². The Morgan fingerprint density at radius 1 is 1.00 bits per heavy atom. The van der Waals surface area contributed by atoms with Crippen LogP contribution in [-0.2, 0) is 22.6 Å². The molecule has 0 spiro atoms. The first-order chi connectivity index (χ1) is 13.4. The molecule has 1 N–H and O–H groups in total. The van der Waals surface area contributed by atoms with E-state index in [1.165, 1.54) is 12.1 Å². The number of carbonyl (C=O) groups excluding carboxylic acids is 2. The summed E-state index contributed by atoms with van der Waals surface area (Å²) in [5.41, 5.74) is 1.69. The topological polar surface area (TPSA) is 49.4 Å². The maximum Gasteiger partial charge on any atom is 0.242 e. The highest BCUT2D eigenvalue weighted by Crippen LogP contribution is 2.15. The Morgan fingerprint density at radius 2 is 1.64 bits per heavy atom. The third-order valence-corrected chi connectivity index (χ3v) is 4.53. The van der Waals surface area contributed by atoms with Gasteiger partial charge in [-0.05, 0) is 35.6 Å². The second kappa shape index (κ2) is 10.6. The highest BCUT2D eigenvalue weighted by molar-refractivity contribution is 5.88. The Bertz CT molecular complexity index is 760. The van der Waals surface area contributed by atoms with Gasteiger partial charge in [0.2, 0.25) is 11.8 Å². The van der Waals surface area contributed by atoms with Gasteiger partial charge in [-0.15, -0.1) is 0 Å². The molecule has 1 unspecified atom stereocenters. The van der Waals surface area contributed by atoms with Crippen molar-refractivity contribution in [1.82, 2.24) is 10.2 Å². The number of hydrogen-bond donors (Lipinski definition) is 1. The van der Waals surface area contributed by atoms with Crippen LogP contribution in [0.3, 0.4) is 0 Å². The molecule has 1 atom stereocenters. The molecular formula is C23H29FN2O2. The molecule has 0 aliphatic heterocycles. The normalized spacial score (nSPS) is 11.9. The second-order valence-electron chi connectivity index (χ2n) is 7.37. The largest absolute Gasteiger partial charge is 0.354 e. The average molecular weight is 384 g/mol. The van der Waals surface area contributed by atoms with E-state index in [9.17, 15) is 14.0 Å². The number of halogens is 1. The summed E-state index contributed by atoms with van der Waals surface area (Å²) in [7, 11) is 0. The fraction of sp³-hybridized carbons (Fsp3) is 0.391. The van der Waals surface area contributed by atoms with Gasteiger partial charge in [0.05, 0.1) is 6.42 Å². The smallest absolute Gasteiger partial charge is 0.242 e. The minimum Gasteiger partial charge on any atom is -0.354 e. The summed E-state index contributed by atoms with van der Waals surface area (Å²) in [6, 6.07) is 14.9. The molecule has 2 aromatic rings. The predicted molar refractivity (Wildman–Crippen MR) is 109 cm³/mol. The third-order valence-electron chi connectivity index (χ3n) is 4.53. The molecule has 0 heterocycles. The first kappa shape index (κ1) is 21.6. The Hall–Kier alpha value is -2.69. The van der Waals surface area contributed by atoms with E-state index in [4.69, 9.17) is 0 Å². The van der Waals surface area contributed by atoms with Gasteiger partial charge in [-0.25, -0.2) is 4.39 Å². The molecule has 28 heavy (non-hydrogen) atoms. The van der Waals surface area contributed by atoms with Crippen molar-refractivity contribution in [3.63, 3.8) is 0 Å². The second-order valence-corrected chi connectivity index (χ2v) is 7.37. The zero-order valence-corrected chi connectivity index (χ0v) is 16.8. The van der Waals surface area contributed by atoms with Gasteiger partial charge in [-0.1, -0.05) is 63.2 Å². The van der Waals surface area contributed by atoms with Crippen molar-refractivity contribution in [2.24, 2.45) is 5.92 Å². The van der Waals surface area contributed by atoms with E-state index in [0.29, 0.717) is 18.9 Å². The van der Waals surface area contributed by atoms with Crippen LogP contribution in [0.25, 0.3) is 0 Å². The first-order valence-corrected chi connectivity index (χ1v) is 9.76. The van der Waals surface area contributed by atoms with Crippen molar-refractivity contribution < 1.29 is 14.0 Å². The third kappa shape index (κ3) is 6.48. The van der Waals surface area contributed by atoms with E-state index in [1.54, 1.807) is 17.0 Å². The van der Waals surface area contributed by atoms with E-state index in [2.05, 4.69) is 5.32 Å². The number of carbonyl (C=O) groups is 2. The molecule has 0 fully saturated rings. The van der Waals surface area contributed by atoms with Crippen LogP contribution in [0.4, 0.5) is 4.39 Å².